The molecule has 0 saturated heterocycles. The minimum absolute atomic E-state index is 0.420. The summed E-state index contributed by atoms with van der Waals surface area (Å²) in [6.45, 7) is 1.52. The fraction of sp³-hybridized carbons (Fsp3) is 0.190. The van der Waals surface area contributed by atoms with E-state index < -0.39 is 10.3 Å². The van der Waals surface area contributed by atoms with E-state index in [1.807, 2.05) is 42.5 Å². The summed E-state index contributed by atoms with van der Waals surface area (Å²) in [5, 5.41) is 0.731. The van der Waals surface area contributed by atoms with Crippen LogP contribution >= 0.6 is 11.6 Å². The van der Waals surface area contributed by atoms with Crippen molar-refractivity contribution in [2.24, 2.45) is 0 Å². The van der Waals surface area contributed by atoms with Crippen LogP contribution in [0.4, 0.5) is 0 Å². The monoisotopic (exact) mass is 385 g/mol. The van der Waals surface area contributed by atoms with Crippen LogP contribution in [0.25, 0.3) is 0 Å². The molecule has 0 saturated carbocycles. The van der Waals surface area contributed by atoms with Crippen molar-refractivity contribution in [2.45, 2.75) is 19.4 Å². The van der Waals surface area contributed by atoms with E-state index >= 15 is 0 Å². The Bertz CT molecular complexity index is 955. The number of benzene rings is 2. The van der Waals surface area contributed by atoms with E-state index in [0.717, 1.165) is 30.2 Å². The summed E-state index contributed by atoms with van der Waals surface area (Å²) in [4.78, 5) is 2.66. The average Bonchev–Trinajstić information content (AvgIpc) is 2.66. The van der Waals surface area contributed by atoms with Gasteiger partial charge in [0.15, 0.2) is 0 Å². The van der Waals surface area contributed by atoms with Gasteiger partial charge in [-0.1, -0.05) is 60.1 Å². The molecule has 0 spiro atoms. The number of hydrogen-bond donors (Lipinski definition) is 0. The van der Waals surface area contributed by atoms with Crippen molar-refractivity contribution in [3.8, 4) is 0 Å². The lowest BCUT2D eigenvalue weighted by atomic mass is 10.1. The molecule has 0 fully saturated rings. The Kier molecular flexibility index (Phi) is 6.31. The summed E-state index contributed by atoms with van der Waals surface area (Å²) in [7, 11) is -2.18. The van der Waals surface area contributed by atoms with Crippen molar-refractivity contribution in [1.82, 2.24) is 4.90 Å². The molecule has 5 heteroatoms. The number of nitrogens with zero attached hydrogens (tertiary/aromatic N) is 1. The lowest BCUT2D eigenvalue weighted by molar-refractivity contribution is 0.336. The number of halogens is 1. The molecule has 0 aromatic heterocycles. The highest BCUT2D eigenvalue weighted by Gasteiger charge is 2.15. The highest BCUT2D eigenvalue weighted by Crippen LogP contribution is 2.20. The predicted molar refractivity (Wildman–Crippen MR) is 108 cm³/mol. The number of allylic oxidation sites excluding steroid dienone is 4. The van der Waals surface area contributed by atoms with E-state index in [1.165, 1.54) is 11.1 Å². The zero-order valence-electron chi connectivity index (χ0n) is 14.3. The first-order chi connectivity index (χ1) is 12.6. The Morgan fingerprint density at radius 1 is 1.00 bits per heavy atom. The van der Waals surface area contributed by atoms with Gasteiger partial charge in [-0.3, -0.25) is 0 Å². The second kappa shape index (κ2) is 8.88. The van der Waals surface area contributed by atoms with E-state index in [9.17, 15) is 8.42 Å². The van der Waals surface area contributed by atoms with Gasteiger partial charge in [-0.15, -0.1) is 0 Å². The molecule has 0 atom stereocenters. The van der Waals surface area contributed by atoms with E-state index in [0.29, 0.717) is 11.3 Å². The van der Waals surface area contributed by atoms with Gasteiger partial charge in [0.1, 0.15) is 0 Å². The fourth-order valence-corrected chi connectivity index (χ4v) is 3.65. The summed E-state index contributed by atoms with van der Waals surface area (Å²) < 4.78 is 22.7. The molecular formula is C21H20ClNO2S. The standard InChI is InChI=1S/C21H20ClNO2S/c22-19-9-4-8-17(14-19)12-13-23(16-18-6-2-1-3-7-18)20-10-5-11-21(15-20)26(24)25/h1-11,14H,12-13,15-16H2. The van der Waals surface area contributed by atoms with E-state index in [-0.39, 0.29) is 0 Å². The van der Waals surface area contributed by atoms with Crippen LogP contribution in [-0.4, -0.2) is 24.7 Å². The minimum Gasteiger partial charge on any atom is -0.370 e. The predicted octanol–water partition coefficient (Wildman–Crippen LogP) is 4.28. The van der Waals surface area contributed by atoms with Gasteiger partial charge >= 0.3 is 0 Å². The first-order valence-electron chi connectivity index (χ1n) is 8.47. The van der Waals surface area contributed by atoms with E-state index in [4.69, 9.17) is 11.6 Å². The molecule has 2 aromatic carbocycles. The van der Waals surface area contributed by atoms with Crippen LogP contribution in [0.5, 0.6) is 0 Å². The fourth-order valence-electron chi connectivity index (χ4n) is 2.98. The molecule has 3 rings (SSSR count). The lowest BCUT2D eigenvalue weighted by Gasteiger charge is -2.29. The van der Waals surface area contributed by atoms with Crippen molar-refractivity contribution in [3.63, 3.8) is 0 Å². The number of rotatable bonds is 6. The van der Waals surface area contributed by atoms with Crippen LogP contribution in [0.15, 0.2) is 78.5 Å². The first kappa shape index (κ1) is 18.5. The van der Waals surface area contributed by atoms with Gasteiger partial charge in [-0.05, 0) is 41.8 Å². The first-order valence-corrected chi connectivity index (χ1v) is 9.93. The van der Waals surface area contributed by atoms with Crippen molar-refractivity contribution in [1.29, 1.82) is 0 Å². The molecule has 0 N–H and O–H groups in total. The third-order valence-corrected chi connectivity index (χ3v) is 5.27. The van der Waals surface area contributed by atoms with Crippen LogP contribution < -0.4 is 0 Å². The summed E-state index contributed by atoms with van der Waals surface area (Å²) in [6, 6.07) is 18.1. The Hall–Kier alpha value is -2.30. The van der Waals surface area contributed by atoms with Crippen molar-refractivity contribution >= 4 is 26.8 Å². The quantitative estimate of drug-likeness (QED) is 0.696. The molecule has 0 aliphatic heterocycles. The van der Waals surface area contributed by atoms with Gasteiger partial charge in [0.2, 0.25) is 10.3 Å². The maximum absolute atomic E-state index is 11.3. The summed E-state index contributed by atoms with van der Waals surface area (Å²) in [6.07, 6.45) is 6.72. The highest BCUT2D eigenvalue weighted by molar-refractivity contribution is 7.73. The third kappa shape index (κ3) is 5.10. The Morgan fingerprint density at radius 2 is 1.77 bits per heavy atom. The van der Waals surface area contributed by atoms with Crippen molar-refractivity contribution in [2.75, 3.05) is 6.54 Å². The molecule has 0 radical (unpaired) electrons. The molecule has 1 aliphatic carbocycles. The lowest BCUT2D eigenvalue weighted by Crippen LogP contribution is -2.27. The van der Waals surface area contributed by atoms with Gasteiger partial charge < -0.3 is 4.90 Å². The molecule has 0 amide bonds. The summed E-state index contributed by atoms with van der Waals surface area (Å²) >= 11 is 6.09. The molecule has 0 bridgehead atoms. The largest absolute Gasteiger partial charge is 0.370 e. The molecule has 134 valence electrons. The van der Waals surface area contributed by atoms with E-state index in [2.05, 4.69) is 23.1 Å². The smallest absolute Gasteiger partial charge is 0.217 e. The van der Waals surface area contributed by atoms with Crippen LogP contribution in [0.3, 0.4) is 0 Å². The maximum Gasteiger partial charge on any atom is 0.217 e. The van der Waals surface area contributed by atoms with Crippen LogP contribution in [0.1, 0.15) is 17.5 Å². The van der Waals surface area contributed by atoms with Gasteiger partial charge in [-0.25, -0.2) is 0 Å². The van der Waals surface area contributed by atoms with Gasteiger partial charge in [0, 0.05) is 30.2 Å². The Balaban J connectivity index is 1.81. The van der Waals surface area contributed by atoms with Crippen molar-refractivity contribution in [3.05, 3.63) is 94.7 Å². The molecule has 0 heterocycles. The second-order valence-electron chi connectivity index (χ2n) is 6.18. The highest BCUT2D eigenvalue weighted by atomic mass is 35.5. The van der Waals surface area contributed by atoms with E-state index in [1.54, 1.807) is 12.2 Å². The van der Waals surface area contributed by atoms with Crippen LogP contribution in [0.2, 0.25) is 5.02 Å². The van der Waals surface area contributed by atoms with Crippen LogP contribution in [-0.2, 0) is 23.3 Å². The molecule has 3 nitrogen and oxygen atoms in total. The molecule has 1 aliphatic rings. The third-order valence-electron chi connectivity index (χ3n) is 4.32. The van der Waals surface area contributed by atoms with Crippen molar-refractivity contribution < 1.29 is 8.42 Å². The Morgan fingerprint density at radius 3 is 2.50 bits per heavy atom. The molecular weight excluding hydrogens is 366 g/mol. The second-order valence-corrected chi connectivity index (χ2v) is 7.61. The Labute approximate surface area is 160 Å². The SMILES string of the molecule is O=S(=O)=C1C=CC=C(N(CCc2cccc(Cl)c2)Cc2ccccc2)C1. The molecule has 0 unspecified atom stereocenters. The normalized spacial score (nSPS) is 13.4. The molecule has 26 heavy (non-hydrogen) atoms. The van der Waals surface area contributed by atoms with Gasteiger partial charge in [0.05, 0.1) is 4.86 Å². The summed E-state index contributed by atoms with van der Waals surface area (Å²) in [5.74, 6) is 0. The topological polar surface area (TPSA) is 37.4 Å². The number of hydrogen-bond acceptors (Lipinski definition) is 3. The molecule has 2 aromatic rings. The minimum atomic E-state index is -2.18. The zero-order chi connectivity index (χ0) is 18.4. The maximum atomic E-state index is 11.3. The summed E-state index contributed by atoms with van der Waals surface area (Å²) in [5.41, 5.74) is 3.37. The average molecular weight is 386 g/mol. The van der Waals surface area contributed by atoms with Gasteiger partial charge in [-0.2, -0.15) is 8.42 Å². The van der Waals surface area contributed by atoms with Gasteiger partial charge in [0.25, 0.3) is 0 Å². The van der Waals surface area contributed by atoms with Crippen LogP contribution in [0, 0.1) is 0 Å². The zero-order valence-corrected chi connectivity index (χ0v) is 15.9.